The molecule has 0 saturated carbocycles. The van der Waals surface area contributed by atoms with Crippen LogP contribution in [0.2, 0.25) is 10.0 Å². The zero-order valence-electron chi connectivity index (χ0n) is 16.0. The molecular weight excluding hydrogens is 411 g/mol. The number of amides is 2. The van der Waals surface area contributed by atoms with Crippen molar-refractivity contribution in [1.29, 1.82) is 0 Å². The third kappa shape index (κ3) is 5.59. The summed E-state index contributed by atoms with van der Waals surface area (Å²) in [5.41, 5.74) is 3.40. The van der Waals surface area contributed by atoms with Gasteiger partial charge in [-0.3, -0.25) is 14.3 Å². The van der Waals surface area contributed by atoms with Gasteiger partial charge in [-0.1, -0.05) is 35.3 Å². The van der Waals surface area contributed by atoms with Gasteiger partial charge in [0, 0.05) is 40.6 Å². The minimum atomic E-state index is -0.340. The van der Waals surface area contributed by atoms with Crippen LogP contribution in [0, 0.1) is 13.8 Å². The lowest BCUT2D eigenvalue weighted by Crippen LogP contribution is -2.17. The zero-order valence-corrected chi connectivity index (χ0v) is 17.5. The predicted octanol–water partition coefficient (Wildman–Crippen LogP) is 5.09. The van der Waals surface area contributed by atoms with E-state index in [0.29, 0.717) is 28.0 Å². The summed E-state index contributed by atoms with van der Waals surface area (Å²) < 4.78 is 1.56. The zero-order chi connectivity index (χ0) is 21.0. The van der Waals surface area contributed by atoms with Crippen LogP contribution in [0.1, 0.15) is 28.0 Å². The van der Waals surface area contributed by atoms with Crippen LogP contribution in [0.4, 0.5) is 11.4 Å². The summed E-state index contributed by atoms with van der Waals surface area (Å²) in [5, 5.41) is 11.0. The fraction of sp³-hybridized carbons (Fsp3) is 0.190. The highest BCUT2D eigenvalue weighted by Crippen LogP contribution is 2.21. The van der Waals surface area contributed by atoms with Gasteiger partial charge in [0.1, 0.15) is 0 Å². The van der Waals surface area contributed by atoms with Gasteiger partial charge in [0.2, 0.25) is 5.91 Å². The molecule has 0 saturated heterocycles. The number of halogens is 2. The number of hydrogen-bond acceptors (Lipinski definition) is 3. The smallest absolute Gasteiger partial charge is 0.276 e. The molecule has 0 radical (unpaired) electrons. The molecule has 8 heteroatoms. The van der Waals surface area contributed by atoms with Crippen LogP contribution in [0.25, 0.3) is 0 Å². The Bertz CT molecular complexity index is 1060. The Labute approximate surface area is 178 Å². The van der Waals surface area contributed by atoms with E-state index in [9.17, 15) is 9.59 Å². The van der Waals surface area contributed by atoms with Crippen LogP contribution in [-0.2, 0) is 11.3 Å². The van der Waals surface area contributed by atoms with E-state index in [4.69, 9.17) is 23.2 Å². The van der Waals surface area contributed by atoms with Crippen molar-refractivity contribution in [1.82, 2.24) is 9.78 Å². The van der Waals surface area contributed by atoms with E-state index in [1.807, 2.05) is 26.0 Å². The molecule has 150 valence electrons. The van der Waals surface area contributed by atoms with Crippen LogP contribution >= 0.6 is 23.2 Å². The van der Waals surface area contributed by atoms with Crippen molar-refractivity contribution in [3.05, 3.63) is 75.5 Å². The molecule has 6 nitrogen and oxygen atoms in total. The summed E-state index contributed by atoms with van der Waals surface area (Å²) in [5.74, 6) is -0.500. The lowest BCUT2D eigenvalue weighted by molar-refractivity contribution is -0.116. The van der Waals surface area contributed by atoms with Gasteiger partial charge in [0.25, 0.3) is 5.91 Å². The van der Waals surface area contributed by atoms with Crippen molar-refractivity contribution >= 4 is 46.4 Å². The number of aromatic nitrogens is 2. The van der Waals surface area contributed by atoms with E-state index in [2.05, 4.69) is 15.7 Å². The molecule has 0 atom stereocenters. The van der Waals surface area contributed by atoms with Crippen molar-refractivity contribution in [2.45, 2.75) is 26.8 Å². The molecule has 0 unspecified atom stereocenters. The third-order valence-electron chi connectivity index (χ3n) is 4.36. The summed E-state index contributed by atoms with van der Waals surface area (Å²) in [6.45, 7) is 4.12. The monoisotopic (exact) mass is 430 g/mol. The van der Waals surface area contributed by atoms with E-state index < -0.39 is 0 Å². The molecule has 0 spiro atoms. The Morgan fingerprint density at radius 2 is 1.52 bits per heavy atom. The number of carbonyl (C=O) groups excluding carboxylic acids is 2. The molecule has 2 amide bonds. The minimum absolute atomic E-state index is 0.161. The van der Waals surface area contributed by atoms with Gasteiger partial charge in [-0.15, -0.1) is 0 Å². The highest BCUT2D eigenvalue weighted by atomic mass is 35.5. The normalized spacial score (nSPS) is 10.6. The van der Waals surface area contributed by atoms with Gasteiger partial charge >= 0.3 is 0 Å². The van der Waals surface area contributed by atoms with Gasteiger partial charge in [-0.25, -0.2) is 0 Å². The Balaban J connectivity index is 1.57. The van der Waals surface area contributed by atoms with Crippen molar-refractivity contribution in [2.75, 3.05) is 10.6 Å². The van der Waals surface area contributed by atoms with Gasteiger partial charge < -0.3 is 10.6 Å². The number of aryl methyl sites for hydroxylation is 3. The van der Waals surface area contributed by atoms with E-state index in [1.165, 1.54) is 0 Å². The van der Waals surface area contributed by atoms with E-state index in [-0.39, 0.29) is 23.9 Å². The Morgan fingerprint density at radius 1 is 0.931 bits per heavy atom. The van der Waals surface area contributed by atoms with Crippen molar-refractivity contribution < 1.29 is 9.59 Å². The van der Waals surface area contributed by atoms with Gasteiger partial charge in [0.05, 0.1) is 0 Å². The van der Waals surface area contributed by atoms with E-state index in [1.54, 1.807) is 41.2 Å². The molecule has 0 aliphatic carbocycles. The molecule has 29 heavy (non-hydrogen) atoms. The van der Waals surface area contributed by atoms with Crippen LogP contribution in [-0.4, -0.2) is 21.6 Å². The third-order valence-corrected chi connectivity index (χ3v) is 4.83. The fourth-order valence-corrected chi connectivity index (χ4v) is 3.02. The summed E-state index contributed by atoms with van der Waals surface area (Å²) in [6, 6.07) is 12.2. The average Bonchev–Trinajstić information content (AvgIpc) is 3.15. The molecule has 0 aliphatic rings. The minimum Gasteiger partial charge on any atom is -0.326 e. The Kier molecular flexibility index (Phi) is 6.56. The molecule has 2 N–H and O–H groups in total. The first-order chi connectivity index (χ1) is 13.8. The molecule has 2 aromatic carbocycles. The van der Waals surface area contributed by atoms with Crippen LogP contribution in [0.15, 0.2) is 48.7 Å². The lowest BCUT2D eigenvalue weighted by Gasteiger charge is -2.09. The topological polar surface area (TPSA) is 76.0 Å². The Hall–Kier alpha value is -2.83. The number of carbonyl (C=O) groups is 2. The van der Waals surface area contributed by atoms with Gasteiger partial charge in [-0.2, -0.15) is 5.10 Å². The number of nitrogens with zero attached hydrogens (tertiary/aromatic N) is 2. The second-order valence-corrected chi connectivity index (χ2v) is 7.51. The quantitative estimate of drug-likeness (QED) is 0.571. The standard InChI is InChI=1S/C21H20Cl2N4O2/c1-13-3-5-15(22)11-18(13)24-20(28)8-10-27-9-7-17(26-27)21(29)25-19-12-16(23)6-4-14(19)2/h3-7,9,11-12H,8,10H2,1-2H3,(H,24,28)(H,25,29). The summed E-state index contributed by atoms with van der Waals surface area (Å²) in [4.78, 5) is 24.6. The largest absolute Gasteiger partial charge is 0.326 e. The first-order valence-corrected chi connectivity index (χ1v) is 9.74. The first kappa shape index (κ1) is 20.9. The maximum Gasteiger partial charge on any atom is 0.276 e. The fourth-order valence-electron chi connectivity index (χ4n) is 2.68. The van der Waals surface area contributed by atoms with Crippen molar-refractivity contribution in [2.24, 2.45) is 0 Å². The van der Waals surface area contributed by atoms with Crippen LogP contribution in [0.3, 0.4) is 0 Å². The number of rotatable bonds is 6. The molecular formula is C21H20Cl2N4O2. The number of anilines is 2. The summed E-state index contributed by atoms with van der Waals surface area (Å²) in [7, 11) is 0. The number of hydrogen-bond donors (Lipinski definition) is 2. The van der Waals surface area contributed by atoms with Gasteiger partial charge in [0.15, 0.2) is 5.69 Å². The molecule has 0 aliphatic heterocycles. The maximum absolute atomic E-state index is 12.4. The molecule has 3 aromatic rings. The second-order valence-electron chi connectivity index (χ2n) is 6.63. The van der Waals surface area contributed by atoms with E-state index in [0.717, 1.165) is 11.1 Å². The molecule has 0 bridgehead atoms. The Morgan fingerprint density at radius 3 is 2.14 bits per heavy atom. The molecule has 0 fully saturated rings. The van der Waals surface area contributed by atoms with Crippen molar-refractivity contribution in [3.63, 3.8) is 0 Å². The number of nitrogens with one attached hydrogen (secondary N) is 2. The van der Waals surface area contributed by atoms with E-state index >= 15 is 0 Å². The highest BCUT2D eigenvalue weighted by Gasteiger charge is 2.12. The molecule has 1 heterocycles. The SMILES string of the molecule is Cc1ccc(Cl)cc1NC(=O)CCn1ccc(C(=O)Nc2cc(Cl)ccc2C)n1. The van der Waals surface area contributed by atoms with Crippen LogP contribution < -0.4 is 10.6 Å². The lowest BCUT2D eigenvalue weighted by atomic mass is 10.2. The summed E-state index contributed by atoms with van der Waals surface area (Å²) >= 11 is 12.0. The maximum atomic E-state index is 12.4. The average molecular weight is 431 g/mol. The predicted molar refractivity (Wildman–Crippen MR) is 116 cm³/mol. The van der Waals surface area contributed by atoms with Crippen molar-refractivity contribution in [3.8, 4) is 0 Å². The highest BCUT2D eigenvalue weighted by molar-refractivity contribution is 6.31. The second kappa shape index (κ2) is 9.11. The molecule has 3 rings (SSSR count). The summed E-state index contributed by atoms with van der Waals surface area (Å²) in [6.07, 6.45) is 1.87. The van der Waals surface area contributed by atoms with Gasteiger partial charge in [-0.05, 0) is 55.3 Å². The van der Waals surface area contributed by atoms with Crippen LogP contribution in [0.5, 0.6) is 0 Å². The first-order valence-electron chi connectivity index (χ1n) is 8.99. The molecule has 1 aromatic heterocycles. The number of benzene rings is 2.